The molecule has 0 amide bonds. The highest BCUT2D eigenvalue weighted by atomic mass is 16.5. The monoisotopic (exact) mass is 237 g/mol. The van der Waals surface area contributed by atoms with E-state index >= 15 is 0 Å². The van der Waals surface area contributed by atoms with E-state index in [2.05, 4.69) is 0 Å². The second-order valence-electron chi connectivity index (χ2n) is 4.44. The van der Waals surface area contributed by atoms with Crippen molar-refractivity contribution < 1.29 is 19.4 Å². The standard InChI is InChI=1S/C12H15NO4/c1-7(2)17-12(16)9-4-6-13-5-3-8(10(9)13)11(14)15/h3,5,7,9H,4,6H2,1-2H3,(H,14,15)/t9-/m1/s1. The van der Waals surface area contributed by atoms with Gasteiger partial charge in [-0.05, 0) is 26.3 Å². The summed E-state index contributed by atoms with van der Waals surface area (Å²) in [5.41, 5.74) is 0.774. The van der Waals surface area contributed by atoms with Crippen LogP contribution in [0, 0.1) is 0 Å². The van der Waals surface area contributed by atoms with Crippen LogP contribution >= 0.6 is 0 Å². The highest BCUT2D eigenvalue weighted by Crippen LogP contribution is 2.33. The molecule has 0 spiro atoms. The molecule has 1 aliphatic rings. The number of esters is 1. The third-order valence-electron chi connectivity index (χ3n) is 2.86. The van der Waals surface area contributed by atoms with E-state index in [1.54, 1.807) is 20.0 Å². The summed E-state index contributed by atoms with van der Waals surface area (Å²) < 4.78 is 6.97. The highest BCUT2D eigenvalue weighted by molar-refractivity contribution is 5.92. The van der Waals surface area contributed by atoms with E-state index in [9.17, 15) is 9.59 Å². The number of hydrogen-bond acceptors (Lipinski definition) is 3. The summed E-state index contributed by atoms with van der Waals surface area (Å²) in [6.07, 6.45) is 2.14. The summed E-state index contributed by atoms with van der Waals surface area (Å²) in [4.78, 5) is 22.9. The molecule has 0 saturated carbocycles. The van der Waals surface area contributed by atoms with Crippen molar-refractivity contribution in [1.82, 2.24) is 4.57 Å². The predicted octanol–water partition coefficient (Wildman–Crippen LogP) is 1.63. The van der Waals surface area contributed by atoms with Crippen LogP contribution in [0.3, 0.4) is 0 Å². The van der Waals surface area contributed by atoms with Gasteiger partial charge in [0.2, 0.25) is 0 Å². The van der Waals surface area contributed by atoms with Gasteiger partial charge in [-0.15, -0.1) is 0 Å². The van der Waals surface area contributed by atoms with Crippen molar-refractivity contribution in [3.05, 3.63) is 23.5 Å². The van der Waals surface area contributed by atoms with Gasteiger partial charge in [0.25, 0.3) is 0 Å². The molecule has 0 unspecified atom stereocenters. The number of hydrogen-bond donors (Lipinski definition) is 1. The number of ether oxygens (including phenoxy) is 1. The number of carboxylic acid groups (broad SMARTS) is 1. The Balaban J connectivity index is 2.29. The predicted molar refractivity (Wildman–Crippen MR) is 60.0 cm³/mol. The van der Waals surface area contributed by atoms with E-state index in [0.29, 0.717) is 18.7 Å². The molecule has 17 heavy (non-hydrogen) atoms. The molecule has 5 nitrogen and oxygen atoms in total. The third kappa shape index (κ3) is 2.05. The Hall–Kier alpha value is -1.78. The molecule has 5 heteroatoms. The van der Waals surface area contributed by atoms with Crippen molar-refractivity contribution >= 4 is 11.9 Å². The van der Waals surface area contributed by atoms with Gasteiger partial charge in [0, 0.05) is 18.4 Å². The Morgan fingerprint density at radius 1 is 1.53 bits per heavy atom. The lowest BCUT2D eigenvalue weighted by molar-refractivity contribution is -0.149. The van der Waals surface area contributed by atoms with Crippen LogP contribution < -0.4 is 0 Å². The van der Waals surface area contributed by atoms with Gasteiger partial charge in [-0.3, -0.25) is 4.79 Å². The lowest BCUT2D eigenvalue weighted by atomic mass is 10.0. The van der Waals surface area contributed by atoms with Crippen LogP contribution in [-0.2, 0) is 16.1 Å². The lowest BCUT2D eigenvalue weighted by Crippen LogP contribution is -2.19. The first kappa shape index (κ1) is 11.7. The van der Waals surface area contributed by atoms with Crippen LogP contribution in [0.15, 0.2) is 12.3 Å². The topological polar surface area (TPSA) is 68.5 Å². The normalized spacial score (nSPS) is 18.2. The van der Waals surface area contributed by atoms with E-state index in [0.717, 1.165) is 0 Å². The summed E-state index contributed by atoms with van der Waals surface area (Å²) in [7, 11) is 0. The second kappa shape index (κ2) is 4.24. The summed E-state index contributed by atoms with van der Waals surface area (Å²) in [5.74, 6) is -1.78. The molecule has 1 aromatic heterocycles. The maximum atomic E-state index is 11.9. The molecule has 1 aliphatic heterocycles. The smallest absolute Gasteiger partial charge is 0.337 e. The SMILES string of the molecule is CC(C)OC(=O)[C@@H]1CCn2ccc(C(=O)O)c21. The number of nitrogens with zero attached hydrogens (tertiary/aromatic N) is 1. The quantitative estimate of drug-likeness (QED) is 0.811. The Bertz CT molecular complexity index is 461. The fourth-order valence-corrected chi connectivity index (χ4v) is 2.20. The minimum absolute atomic E-state index is 0.181. The maximum absolute atomic E-state index is 11.9. The van der Waals surface area contributed by atoms with Gasteiger partial charge in [0.05, 0.1) is 17.6 Å². The third-order valence-corrected chi connectivity index (χ3v) is 2.86. The molecule has 0 aromatic carbocycles. The van der Waals surface area contributed by atoms with E-state index in [1.807, 2.05) is 4.57 Å². The zero-order valence-electron chi connectivity index (χ0n) is 9.84. The van der Waals surface area contributed by atoms with Crippen LogP contribution in [0.2, 0.25) is 0 Å². The van der Waals surface area contributed by atoms with Crippen LogP contribution in [0.25, 0.3) is 0 Å². The summed E-state index contributed by atoms with van der Waals surface area (Å²) in [6.45, 7) is 4.23. The van der Waals surface area contributed by atoms with Crippen molar-refractivity contribution in [2.45, 2.75) is 38.8 Å². The molecular weight excluding hydrogens is 222 g/mol. The Labute approximate surface area is 99.0 Å². The van der Waals surface area contributed by atoms with Gasteiger partial charge in [-0.1, -0.05) is 0 Å². The Morgan fingerprint density at radius 3 is 2.82 bits per heavy atom. The first-order valence-corrected chi connectivity index (χ1v) is 5.63. The van der Waals surface area contributed by atoms with Crippen LogP contribution in [0.1, 0.15) is 42.2 Å². The molecule has 1 atom stereocenters. The molecule has 92 valence electrons. The minimum Gasteiger partial charge on any atom is -0.478 e. The van der Waals surface area contributed by atoms with Gasteiger partial charge >= 0.3 is 11.9 Å². The molecule has 2 heterocycles. The van der Waals surface area contributed by atoms with Crippen LogP contribution in [0.5, 0.6) is 0 Å². The molecule has 2 rings (SSSR count). The van der Waals surface area contributed by atoms with Gasteiger partial charge in [0.15, 0.2) is 0 Å². The van der Waals surface area contributed by atoms with Crippen molar-refractivity contribution in [2.75, 3.05) is 0 Å². The molecular formula is C12H15NO4. The van der Waals surface area contributed by atoms with Crippen molar-refractivity contribution in [2.24, 2.45) is 0 Å². The molecule has 0 radical (unpaired) electrons. The van der Waals surface area contributed by atoms with E-state index < -0.39 is 11.9 Å². The summed E-state index contributed by atoms with van der Waals surface area (Å²) in [5, 5.41) is 9.05. The molecule has 0 fully saturated rings. The Morgan fingerprint density at radius 2 is 2.24 bits per heavy atom. The van der Waals surface area contributed by atoms with E-state index in [1.165, 1.54) is 6.07 Å². The molecule has 0 bridgehead atoms. The van der Waals surface area contributed by atoms with Gasteiger partial charge in [-0.2, -0.15) is 0 Å². The minimum atomic E-state index is -0.997. The molecule has 1 aromatic rings. The largest absolute Gasteiger partial charge is 0.478 e. The fraction of sp³-hybridized carbons (Fsp3) is 0.500. The van der Waals surface area contributed by atoms with E-state index in [-0.39, 0.29) is 17.6 Å². The summed E-state index contributed by atoms with van der Waals surface area (Å²) >= 11 is 0. The first-order valence-electron chi connectivity index (χ1n) is 5.63. The first-order chi connectivity index (χ1) is 8.00. The zero-order chi connectivity index (χ0) is 12.6. The fourth-order valence-electron chi connectivity index (χ4n) is 2.20. The zero-order valence-corrected chi connectivity index (χ0v) is 9.84. The van der Waals surface area contributed by atoms with Crippen molar-refractivity contribution in [3.63, 3.8) is 0 Å². The lowest BCUT2D eigenvalue weighted by Gasteiger charge is -2.13. The number of carbonyl (C=O) groups excluding carboxylic acids is 1. The number of rotatable bonds is 3. The van der Waals surface area contributed by atoms with Gasteiger partial charge < -0.3 is 14.4 Å². The number of aromatic carboxylic acids is 1. The van der Waals surface area contributed by atoms with Crippen LogP contribution in [0.4, 0.5) is 0 Å². The average Bonchev–Trinajstić information content (AvgIpc) is 2.73. The second-order valence-corrected chi connectivity index (χ2v) is 4.44. The average molecular weight is 237 g/mol. The number of aromatic nitrogens is 1. The van der Waals surface area contributed by atoms with E-state index in [4.69, 9.17) is 9.84 Å². The highest BCUT2D eigenvalue weighted by Gasteiger charge is 2.34. The number of fused-ring (bicyclic) bond motifs is 1. The summed E-state index contributed by atoms with van der Waals surface area (Å²) in [6, 6.07) is 1.53. The van der Waals surface area contributed by atoms with Gasteiger partial charge in [0.1, 0.15) is 0 Å². The molecule has 0 saturated heterocycles. The Kier molecular flexibility index (Phi) is 2.92. The molecule has 0 aliphatic carbocycles. The molecule has 1 N–H and O–H groups in total. The number of carbonyl (C=O) groups is 2. The number of aryl methyl sites for hydroxylation is 1. The van der Waals surface area contributed by atoms with Gasteiger partial charge in [-0.25, -0.2) is 4.79 Å². The van der Waals surface area contributed by atoms with Crippen LogP contribution in [-0.4, -0.2) is 27.7 Å². The van der Waals surface area contributed by atoms with Crippen molar-refractivity contribution in [3.8, 4) is 0 Å². The van der Waals surface area contributed by atoms with Crippen molar-refractivity contribution in [1.29, 1.82) is 0 Å². The maximum Gasteiger partial charge on any atom is 0.337 e. The number of carboxylic acids is 1.